The van der Waals surface area contributed by atoms with Crippen molar-refractivity contribution in [1.29, 1.82) is 0 Å². The fraction of sp³-hybridized carbons (Fsp3) is 0.500. The lowest BCUT2D eigenvalue weighted by Crippen LogP contribution is -2.45. The molecule has 1 aromatic carbocycles. The summed E-state index contributed by atoms with van der Waals surface area (Å²) in [7, 11) is 1.88. The molecule has 0 spiro atoms. The van der Waals surface area contributed by atoms with E-state index in [0.29, 0.717) is 12.5 Å². The van der Waals surface area contributed by atoms with E-state index >= 15 is 0 Å². The van der Waals surface area contributed by atoms with Gasteiger partial charge < -0.3 is 15.3 Å². The lowest BCUT2D eigenvalue weighted by Gasteiger charge is -2.34. The summed E-state index contributed by atoms with van der Waals surface area (Å²) in [6.45, 7) is 0.840. The van der Waals surface area contributed by atoms with E-state index in [1.165, 1.54) is 15.6 Å². The molecule has 2 amide bonds. The highest BCUT2D eigenvalue weighted by Crippen LogP contribution is 2.27. The molecule has 1 heterocycles. The number of hydrogen-bond acceptors (Lipinski definition) is 3. The van der Waals surface area contributed by atoms with Crippen LogP contribution in [0.4, 0.5) is 4.79 Å². The molecule has 1 aliphatic rings. The van der Waals surface area contributed by atoms with Crippen LogP contribution in [0.3, 0.4) is 0 Å². The van der Waals surface area contributed by atoms with Gasteiger partial charge in [0.05, 0.1) is 0 Å². The second-order valence-electron chi connectivity index (χ2n) is 6.38. The van der Waals surface area contributed by atoms with Gasteiger partial charge in [0.15, 0.2) is 0 Å². The highest BCUT2D eigenvalue weighted by molar-refractivity contribution is 7.17. The van der Waals surface area contributed by atoms with E-state index in [1.54, 1.807) is 11.3 Å². The Hall–Kier alpha value is -1.59. The van der Waals surface area contributed by atoms with Crippen molar-refractivity contribution in [2.75, 3.05) is 13.7 Å². The van der Waals surface area contributed by atoms with Crippen LogP contribution in [0.1, 0.15) is 31.2 Å². The maximum Gasteiger partial charge on any atom is 0.317 e. The first kappa shape index (κ1) is 16.3. The predicted molar refractivity (Wildman–Crippen MR) is 94.7 cm³/mol. The second kappa shape index (κ2) is 7.32. The number of nitrogens with zero attached hydrogens (tertiary/aromatic N) is 1. The van der Waals surface area contributed by atoms with Crippen molar-refractivity contribution in [2.24, 2.45) is 5.92 Å². The summed E-state index contributed by atoms with van der Waals surface area (Å²) in [5, 5.41) is 15.6. The largest absolute Gasteiger partial charge is 0.396 e. The van der Waals surface area contributed by atoms with E-state index in [9.17, 15) is 9.90 Å². The van der Waals surface area contributed by atoms with E-state index in [2.05, 4.69) is 22.8 Å². The van der Waals surface area contributed by atoms with Crippen LogP contribution in [0.25, 0.3) is 10.1 Å². The molecule has 0 unspecified atom stereocenters. The predicted octanol–water partition coefficient (Wildman–Crippen LogP) is 3.59. The fourth-order valence-electron chi connectivity index (χ4n) is 3.35. The zero-order chi connectivity index (χ0) is 16.2. The van der Waals surface area contributed by atoms with Crippen LogP contribution in [0, 0.1) is 5.92 Å². The van der Waals surface area contributed by atoms with Crippen LogP contribution in [0.2, 0.25) is 0 Å². The smallest absolute Gasteiger partial charge is 0.317 e. The van der Waals surface area contributed by atoms with E-state index in [0.717, 1.165) is 25.7 Å². The van der Waals surface area contributed by atoms with E-state index in [4.69, 9.17) is 0 Å². The maximum atomic E-state index is 12.4. The van der Waals surface area contributed by atoms with E-state index < -0.39 is 0 Å². The van der Waals surface area contributed by atoms with Crippen LogP contribution in [0.5, 0.6) is 0 Å². The third-order valence-corrected chi connectivity index (χ3v) is 5.95. The van der Waals surface area contributed by atoms with Gasteiger partial charge in [-0.25, -0.2) is 4.79 Å². The Morgan fingerprint density at radius 1 is 1.30 bits per heavy atom. The van der Waals surface area contributed by atoms with Gasteiger partial charge in [-0.2, -0.15) is 0 Å². The van der Waals surface area contributed by atoms with Crippen LogP contribution < -0.4 is 5.32 Å². The van der Waals surface area contributed by atoms with Crippen molar-refractivity contribution in [1.82, 2.24) is 10.2 Å². The van der Waals surface area contributed by atoms with E-state index in [1.807, 2.05) is 24.1 Å². The lowest BCUT2D eigenvalue weighted by atomic mass is 9.86. The molecular formula is C18H24N2O2S. The molecule has 3 rings (SSSR count). The highest BCUT2D eigenvalue weighted by Gasteiger charge is 2.26. The van der Waals surface area contributed by atoms with Crippen molar-refractivity contribution in [3.05, 3.63) is 35.2 Å². The zero-order valence-corrected chi connectivity index (χ0v) is 14.3. The Morgan fingerprint density at radius 2 is 2.04 bits per heavy atom. The third-order valence-electron chi connectivity index (χ3n) is 4.93. The standard InChI is InChI=1S/C18H24N2O2S/c1-20(15-8-6-13(11-21)7-9-15)18(22)19-10-14-12-23-17-5-3-2-4-16(14)17/h2-5,12-13,15,21H,6-11H2,1H3,(H,19,22). The fourth-order valence-corrected chi connectivity index (χ4v) is 4.31. The number of carbonyl (C=O) groups is 1. The summed E-state index contributed by atoms with van der Waals surface area (Å²) in [5.41, 5.74) is 1.18. The molecule has 1 fully saturated rings. The summed E-state index contributed by atoms with van der Waals surface area (Å²) >= 11 is 1.72. The maximum absolute atomic E-state index is 12.4. The minimum absolute atomic E-state index is 0.00673. The number of fused-ring (bicyclic) bond motifs is 1. The molecule has 1 aromatic heterocycles. The Labute approximate surface area is 141 Å². The van der Waals surface area contributed by atoms with Crippen molar-refractivity contribution in [3.63, 3.8) is 0 Å². The van der Waals surface area contributed by atoms with Gasteiger partial charge >= 0.3 is 6.03 Å². The van der Waals surface area contributed by atoms with Gasteiger partial charge in [0.2, 0.25) is 0 Å². The highest BCUT2D eigenvalue weighted by atomic mass is 32.1. The third kappa shape index (κ3) is 3.67. The van der Waals surface area contributed by atoms with Gasteiger partial charge in [-0.1, -0.05) is 18.2 Å². The van der Waals surface area contributed by atoms with Gasteiger partial charge in [-0.15, -0.1) is 11.3 Å². The van der Waals surface area contributed by atoms with Gasteiger partial charge in [0.1, 0.15) is 0 Å². The number of hydrogen-bond donors (Lipinski definition) is 2. The number of carbonyl (C=O) groups excluding carboxylic acids is 1. The summed E-state index contributed by atoms with van der Waals surface area (Å²) < 4.78 is 1.26. The molecule has 4 nitrogen and oxygen atoms in total. The molecule has 2 N–H and O–H groups in total. The van der Waals surface area contributed by atoms with Crippen LogP contribution in [-0.4, -0.2) is 35.7 Å². The molecule has 124 valence electrons. The van der Waals surface area contributed by atoms with Gasteiger partial charge in [-0.05, 0) is 54.0 Å². The van der Waals surface area contributed by atoms with Crippen LogP contribution in [0.15, 0.2) is 29.6 Å². The SMILES string of the molecule is CN(C(=O)NCc1csc2ccccc12)C1CCC(CO)CC1. The van der Waals surface area contributed by atoms with Gasteiger partial charge in [0, 0.05) is 30.9 Å². The monoisotopic (exact) mass is 332 g/mol. The number of urea groups is 1. The molecule has 0 atom stereocenters. The van der Waals surface area contributed by atoms with Crippen molar-refractivity contribution < 1.29 is 9.90 Å². The molecule has 0 saturated heterocycles. The number of amides is 2. The average molecular weight is 332 g/mol. The van der Waals surface area contributed by atoms with Gasteiger partial charge in [-0.3, -0.25) is 0 Å². The number of benzene rings is 1. The second-order valence-corrected chi connectivity index (χ2v) is 7.30. The molecule has 0 radical (unpaired) electrons. The first-order valence-electron chi connectivity index (χ1n) is 8.25. The van der Waals surface area contributed by atoms with Gasteiger partial charge in [0.25, 0.3) is 0 Å². The van der Waals surface area contributed by atoms with Crippen molar-refractivity contribution in [2.45, 2.75) is 38.3 Å². The number of nitrogens with one attached hydrogen (secondary N) is 1. The Balaban J connectivity index is 1.55. The zero-order valence-electron chi connectivity index (χ0n) is 13.5. The summed E-state index contributed by atoms with van der Waals surface area (Å²) in [6, 6.07) is 8.57. The molecular weight excluding hydrogens is 308 g/mol. The minimum Gasteiger partial charge on any atom is -0.396 e. The molecule has 5 heteroatoms. The Kier molecular flexibility index (Phi) is 5.18. The lowest BCUT2D eigenvalue weighted by molar-refractivity contribution is 0.134. The quantitative estimate of drug-likeness (QED) is 0.899. The Bertz CT molecular complexity index is 662. The van der Waals surface area contributed by atoms with E-state index in [-0.39, 0.29) is 18.7 Å². The number of aliphatic hydroxyl groups is 1. The summed E-state index contributed by atoms with van der Waals surface area (Å²) in [4.78, 5) is 14.2. The average Bonchev–Trinajstić information content (AvgIpc) is 3.02. The first-order valence-corrected chi connectivity index (χ1v) is 9.13. The van der Waals surface area contributed by atoms with Crippen LogP contribution >= 0.6 is 11.3 Å². The number of thiophene rings is 1. The molecule has 1 saturated carbocycles. The topological polar surface area (TPSA) is 52.6 Å². The number of rotatable bonds is 4. The molecule has 0 bridgehead atoms. The van der Waals surface area contributed by atoms with Crippen molar-refractivity contribution in [3.8, 4) is 0 Å². The van der Waals surface area contributed by atoms with Crippen molar-refractivity contribution >= 4 is 27.5 Å². The number of aliphatic hydroxyl groups excluding tert-OH is 1. The molecule has 1 aliphatic carbocycles. The summed E-state index contributed by atoms with van der Waals surface area (Å²) in [6.07, 6.45) is 3.98. The Morgan fingerprint density at radius 3 is 2.78 bits per heavy atom. The molecule has 23 heavy (non-hydrogen) atoms. The molecule has 2 aromatic rings. The minimum atomic E-state index is -0.00673. The molecule has 0 aliphatic heterocycles. The summed E-state index contributed by atoms with van der Waals surface area (Å²) in [5.74, 6) is 0.417. The van der Waals surface area contributed by atoms with Crippen LogP contribution in [-0.2, 0) is 6.54 Å². The first-order chi connectivity index (χ1) is 11.2. The normalized spacial score (nSPS) is 21.3.